The highest BCUT2D eigenvalue weighted by Crippen LogP contribution is 2.06. The Hall–Kier alpha value is -4.25. The third-order valence-electron chi connectivity index (χ3n) is 5.32. The lowest BCUT2D eigenvalue weighted by molar-refractivity contribution is -0.132. The highest BCUT2D eigenvalue weighted by Gasteiger charge is 2.27. The van der Waals surface area contributed by atoms with E-state index in [0.29, 0.717) is 6.42 Å². The van der Waals surface area contributed by atoms with Crippen molar-refractivity contribution in [2.75, 3.05) is 6.54 Å². The van der Waals surface area contributed by atoms with Gasteiger partial charge in [-0.25, -0.2) is 5.84 Å². The highest BCUT2D eigenvalue weighted by atomic mass is 16.2. The number of benzene rings is 2. The molecule has 192 valence electrons. The number of aryl methyl sites for hydroxylation is 1. The predicted octanol–water partition coefficient (Wildman–Crippen LogP) is -0.797. The molecule has 11 nitrogen and oxygen atoms in total. The zero-order valence-corrected chi connectivity index (χ0v) is 19.9. The molecule has 5 amide bonds. The van der Waals surface area contributed by atoms with Crippen LogP contribution in [0.25, 0.3) is 0 Å². The fraction of sp³-hybridized carbons (Fsp3) is 0.320. The summed E-state index contributed by atoms with van der Waals surface area (Å²) in [6, 6.07) is 16.3. The van der Waals surface area contributed by atoms with E-state index in [9.17, 15) is 24.0 Å². The molecule has 0 unspecified atom stereocenters. The third kappa shape index (κ3) is 10.3. The van der Waals surface area contributed by atoms with Gasteiger partial charge in [-0.3, -0.25) is 29.4 Å². The maximum absolute atomic E-state index is 13.0. The first-order valence-corrected chi connectivity index (χ1v) is 11.5. The largest absolute Gasteiger partial charge is 0.370 e. The summed E-state index contributed by atoms with van der Waals surface area (Å²) in [7, 11) is 0. The van der Waals surface area contributed by atoms with Gasteiger partial charge < -0.3 is 21.7 Å². The molecular weight excluding hydrogens is 464 g/mol. The van der Waals surface area contributed by atoms with E-state index >= 15 is 0 Å². The number of amides is 5. The first kappa shape index (κ1) is 28.0. The maximum atomic E-state index is 13.0. The molecule has 2 rings (SSSR count). The molecule has 36 heavy (non-hydrogen) atoms. The summed E-state index contributed by atoms with van der Waals surface area (Å²) in [6.07, 6.45) is 0.661. The molecule has 0 saturated carbocycles. The van der Waals surface area contributed by atoms with E-state index in [1.165, 1.54) is 0 Å². The van der Waals surface area contributed by atoms with Crippen LogP contribution in [0, 0.1) is 0 Å². The summed E-state index contributed by atoms with van der Waals surface area (Å²) < 4.78 is 0. The molecule has 0 heterocycles. The Morgan fingerprint density at radius 2 is 1.33 bits per heavy atom. The van der Waals surface area contributed by atoms with Crippen molar-refractivity contribution in [1.82, 2.24) is 21.4 Å². The standard InChI is InChI=1S/C25H32N6O5/c26-21(32)13-12-19(25(36)31-27)30-24(35)20(15-18-9-5-2-6-10-18)29-23(34)16-28-22(33)14-11-17-7-3-1-4-8-17/h1-10,19-20H,11-16,27H2,(H2,26,32)(H,28,33)(H,29,34)(H,30,35)(H,31,36)/t19-,20-/m0/s1. The van der Waals surface area contributed by atoms with Gasteiger partial charge in [0.05, 0.1) is 6.54 Å². The van der Waals surface area contributed by atoms with Crippen LogP contribution in [-0.2, 0) is 36.8 Å². The van der Waals surface area contributed by atoms with Gasteiger partial charge in [-0.05, 0) is 24.0 Å². The highest BCUT2D eigenvalue weighted by molar-refractivity contribution is 5.93. The van der Waals surface area contributed by atoms with Crippen LogP contribution >= 0.6 is 0 Å². The zero-order valence-electron chi connectivity index (χ0n) is 19.9. The lowest BCUT2D eigenvalue weighted by atomic mass is 10.0. The van der Waals surface area contributed by atoms with E-state index in [-0.39, 0.29) is 38.1 Å². The Bertz CT molecular complexity index is 1030. The Balaban J connectivity index is 1.98. The van der Waals surface area contributed by atoms with Crippen molar-refractivity contribution in [2.45, 2.75) is 44.2 Å². The second-order valence-corrected chi connectivity index (χ2v) is 8.15. The zero-order chi connectivity index (χ0) is 26.3. The van der Waals surface area contributed by atoms with E-state index in [4.69, 9.17) is 11.6 Å². The first-order chi connectivity index (χ1) is 17.3. The SMILES string of the molecule is NNC(=O)[C@H](CCC(N)=O)NC(=O)[C@H](Cc1ccccc1)NC(=O)CNC(=O)CCc1ccccc1. The Labute approximate surface area is 209 Å². The lowest BCUT2D eigenvalue weighted by Crippen LogP contribution is -2.56. The molecule has 0 aliphatic heterocycles. The smallest absolute Gasteiger partial charge is 0.256 e. The van der Waals surface area contributed by atoms with Crippen molar-refractivity contribution in [1.29, 1.82) is 0 Å². The molecule has 0 saturated heterocycles. The lowest BCUT2D eigenvalue weighted by Gasteiger charge is -2.22. The minimum atomic E-state index is -1.12. The van der Waals surface area contributed by atoms with Gasteiger partial charge in [0.1, 0.15) is 12.1 Å². The number of hydrogen-bond donors (Lipinski definition) is 6. The van der Waals surface area contributed by atoms with Crippen molar-refractivity contribution < 1.29 is 24.0 Å². The normalized spacial score (nSPS) is 12.0. The number of nitrogens with two attached hydrogens (primary N) is 2. The Kier molecular flexibility index (Phi) is 11.6. The van der Waals surface area contributed by atoms with Crippen LogP contribution in [0.3, 0.4) is 0 Å². The number of carbonyl (C=O) groups is 5. The summed E-state index contributed by atoms with van der Waals surface area (Å²) in [4.78, 5) is 60.9. The molecule has 2 aromatic rings. The second-order valence-electron chi connectivity index (χ2n) is 8.15. The van der Waals surface area contributed by atoms with Crippen molar-refractivity contribution in [3.63, 3.8) is 0 Å². The molecule has 8 N–H and O–H groups in total. The molecule has 11 heteroatoms. The number of hydrazine groups is 1. The van der Waals surface area contributed by atoms with Gasteiger partial charge in [0, 0.05) is 19.3 Å². The fourth-order valence-electron chi connectivity index (χ4n) is 3.40. The summed E-state index contributed by atoms with van der Waals surface area (Å²) in [5.74, 6) is 2.31. The molecule has 0 aromatic heterocycles. The molecule has 0 radical (unpaired) electrons. The van der Waals surface area contributed by atoms with Crippen molar-refractivity contribution >= 4 is 29.5 Å². The van der Waals surface area contributed by atoms with E-state index in [1.807, 2.05) is 41.8 Å². The number of nitrogens with one attached hydrogen (secondary N) is 4. The van der Waals surface area contributed by atoms with Crippen LogP contribution in [0.1, 0.15) is 30.4 Å². The summed E-state index contributed by atoms with van der Waals surface area (Å²) in [5.41, 5.74) is 8.86. The average molecular weight is 497 g/mol. The summed E-state index contributed by atoms with van der Waals surface area (Å²) >= 11 is 0. The van der Waals surface area contributed by atoms with Gasteiger partial charge in [-0.1, -0.05) is 60.7 Å². The van der Waals surface area contributed by atoms with E-state index in [2.05, 4.69) is 16.0 Å². The number of rotatable bonds is 14. The van der Waals surface area contributed by atoms with Gasteiger partial charge in [0.25, 0.3) is 5.91 Å². The number of carbonyl (C=O) groups excluding carboxylic acids is 5. The maximum Gasteiger partial charge on any atom is 0.256 e. The van der Waals surface area contributed by atoms with Crippen LogP contribution in [0.2, 0.25) is 0 Å². The molecule has 0 spiro atoms. The van der Waals surface area contributed by atoms with Crippen LogP contribution < -0.4 is 33.0 Å². The van der Waals surface area contributed by atoms with Gasteiger partial charge in [0.2, 0.25) is 23.6 Å². The quantitative estimate of drug-likeness (QED) is 0.113. The number of hydrogen-bond acceptors (Lipinski definition) is 6. The van der Waals surface area contributed by atoms with E-state index in [1.54, 1.807) is 24.3 Å². The van der Waals surface area contributed by atoms with Crippen molar-refractivity contribution in [3.05, 3.63) is 71.8 Å². The molecule has 0 fully saturated rings. The van der Waals surface area contributed by atoms with Gasteiger partial charge >= 0.3 is 0 Å². The first-order valence-electron chi connectivity index (χ1n) is 11.5. The number of primary amides is 1. The topological polar surface area (TPSA) is 186 Å². The van der Waals surface area contributed by atoms with Gasteiger partial charge in [-0.15, -0.1) is 0 Å². The van der Waals surface area contributed by atoms with Crippen molar-refractivity contribution in [3.8, 4) is 0 Å². The fourth-order valence-corrected chi connectivity index (χ4v) is 3.40. The van der Waals surface area contributed by atoms with Crippen LogP contribution in [0.4, 0.5) is 0 Å². The molecule has 0 aliphatic rings. The van der Waals surface area contributed by atoms with Crippen LogP contribution in [0.5, 0.6) is 0 Å². The monoisotopic (exact) mass is 496 g/mol. The van der Waals surface area contributed by atoms with Crippen LogP contribution in [0.15, 0.2) is 60.7 Å². The predicted molar refractivity (Wildman–Crippen MR) is 133 cm³/mol. The van der Waals surface area contributed by atoms with E-state index < -0.39 is 35.7 Å². The molecule has 2 aromatic carbocycles. The van der Waals surface area contributed by atoms with Gasteiger partial charge in [0.15, 0.2) is 0 Å². The molecule has 2 atom stereocenters. The average Bonchev–Trinajstić information content (AvgIpc) is 2.88. The Morgan fingerprint density at radius 3 is 1.92 bits per heavy atom. The van der Waals surface area contributed by atoms with Crippen LogP contribution in [-0.4, -0.2) is 48.2 Å². The third-order valence-corrected chi connectivity index (χ3v) is 5.32. The minimum Gasteiger partial charge on any atom is -0.370 e. The molecule has 0 aliphatic carbocycles. The van der Waals surface area contributed by atoms with Crippen molar-refractivity contribution in [2.24, 2.45) is 11.6 Å². The minimum absolute atomic E-state index is 0.0619. The summed E-state index contributed by atoms with van der Waals surface area (Å²) in [6.45, 7) is -0.319. The van der Waals surface area contributed by atoms with Gasteiger partial charge in [-0.2, -0.15) is 0 Å². The molecular formula is C25H32N6O5. The molecule has 0 bridgehead atoms. The Morgan fingerprint density at radius 1 is 0.722 bits per heavy atom. The summed E-state index contributed by atoms with van der Waals surface area (Å²) in [5, 5.41) is 7.66. The second kappa shape index (κ2) is 14.9. The van der Waals surface area contributed by atoms with E-state index in [0.717, 1.165) is 11.1 Å².